The van der Waals surface area contributed by atoms with Gasteiger partial charge in [0.25, 0.3) is 5.91 Å². The lowest BCUT2D eigenvalue weighted by atomic mass is 10.0. The normalized spacial score (nSPS) is 15.9. The van der Waals surface area contributed by atoms with Gasteiger partial charge in [0.1, 0.15) is 46.8 Å². The summed E-state index contributed by atoms with van der Waals surface area (Å²) in [7, 11) is 0. The van der Waals surface area contributed by atoms with Crippen LogP contribution in [0.3, 0.4) is 0 Å². The first-order chi connectivity index (χ1) is 20.2. The third kappa shape index (κ3) is 6.07. The van der Waals surface area contributed by atoms with Gasteiger partial charge in [-0.05, 0) is 56.4 Å². The lowest BCUT2D eigenvalue weighted by Gasteiger charge is -2.33. The summed E-state index contributed by atoms with van der Waals surface area (Å²) in [6, 6.07) is 15.3. The van der Waals surface area contributed by atoms with E-state index in [2.05, 4.69) is 9.97 Å². The maximum absolute atomic E-state index is 15.5. The van der Waals surface area contributed by atoms with E-state index >= 15 is 4.39 Å². The number of fused-ring (bicyclic) bond motifs is 1. The maximum Gasteiger partial charge on any atom is 0.265 e. The average molecular weight is 588 g/mol. The minimum Gasteiger partial charge on any atom is -0.457 e. The third-order valence-corrected chi connectivity index (χ3v) is 8.07. The number of carbonyl (C=O) groups is 1. The first-order valence-electron chi connectivity index (χ1n) is 13.4. The van der Waals surface area contributed by atoms with Crippen LogP contribution in [-0.2, 0) is 4.79 Å². The smallest absolute Gasteiger partial charge is 0.265 e. The number of anilines is 1. The Hall–Kier alpha value is -4.47. The number of piperidine rings is 1. The molecule has 1 saturated heterocycles. The number of para-hydroxylation sites is 1. The standard InChI is InChI=1S/C30H30FN7O3S/c1-30(2,17-39)42-16-19(14-32)29(40)37-12-6-7-20(15-37)38-28-25(27(33)34-18-35-28)26(36-38)23-11-10-22(13-24(23)31)41-21-8-4-3-5-9-21/h3-5,8-11,13,16,18,20,39H,6-7,12,15,17H2,1-2H3,(H2,33,34,35). The number of likely N-dealkylation sites (tertiary alicyclic amines) is 1. The summed E-state index contributed by atoms with van der Waals surface area (Å²) in [4.78, 5) is 23.4. The number of ether oxygens (including phenoxy) is 1. The quantitative estimate of drug-likeness (QED) is 0.213. The molecule has 4 aromatic rings. The number of halogens is 1. The van der Waals surface area contributed by atoms with Gasteiger partial charge < -0.3 is 20.5 Å². The molecule has 1 aliphatic heterocycles. The number of aliphatic hydroxyl groups excluding tert-OH is 1. The first kappa shape index (κ1) is 29.0. The Balaban J connectivity index is 1.45. The van der Waals surface area contributed by atoms with Gasteiger partial charge in [-0.1, -0.05) is 18.2 Å². The molecule has 12 heteroatoms. The zero-order valence-corrected chi connectivity index (χ0v) is 24.0. The molecule has 216 valence electrons. The van der Waals surface area contributed by atoms with E-state index in [1.54, 1.807) is 33.8 Å². The van der Waals surface area contributed by atoms with Crippen molar-refractivity contribution >= 4 is 34.5 Å². The van der Waals surface area contributed by atoms with Crippen LogP contribution in [0, 0.1) is 17.1 Å². The Morgan fingerprint density at radius 2 is 2.05 bits per heavy atom. The molecule has 1 aliphatic rings. The van der Waals surface area contributed by atoms with Crippen LogP contribution in [0.15, 0.2) is 65.8 Å². The molecule has 5 rings (SSSR count). The summed E-state index contributed by atoms with van der Waals surface area (Å²) in [6.45, 7) is 4.30. The topological polar surface area (TPSA) is 143 Å². The second-order valence-corrected chi connectivity index (χ2v) is 12.1. The van der Waals surface area contributed by atoms with Crippen LogP contribution in [0.1, 0.15) is 32.7 Å². The third-order valence-electron chi connectivity index (χ3n) is 6.95. The fourth-order valence-electron chi connectivity index (χ4n) is 4.70. The molecule has 1 amide bonds. The van der Waals surface area contributed by atoms with Gasteiger partial charge in [-0.3, -0.25) is 4.79 Å². The van der Waals surface area contributed by atoms with Gasteiger partial charge in [-0.15, -0.1) is 11.8 Å². The summed E-state index contributed by atoms with van der Waals surface area (Å²) in [5, 5.41) is 25.9. The van der Waals surface area contributed by atoms with E-state index in [-0.39, 0.29) is 41.8 Å². The zero-order valence-electron chi connectivity index (χ0n) is 23.2. The summed E-state index contributed by atoms with van der Waals surface area (Å²) < 4.78 is 22.4. The van der Waals surface area contributed by atoms with Gasteiger partial charge >= 0.3 is 0 Å². The molecule has 1 atom stereocenters. The number of nitriles is 1. The van der Waals surface area contributed by atoms with E-state index in [0.717, 1.165) is 0 Å². The lowest BCUT2D eigenvalue weighted by Crippen LogP contribution is -2.41. The number of carbonyl (C=O) groups excluding carboxylic acids is 1. The molecule has 0 radical (unpaired) electrons. The highest BCUT2D eigenvalue weighted by Crippen LogP contribution is 2.36. The summed E-state index contributed by atoms with van der Waals surface area (Å²) in [5.74, 6) is 0.129. The van der Waals surface area contributed by atoms with Crippen LogP contribution in [0.25, 0.3) is 22.3 Å². The number of aromatic nitrogens is 4. The van der Waals surface area contributed by atoms with Crippen molar-refractivity contribution in [3.8, 4) is 28.8 Å². The van der Waals surface area contributed by atoms with Crippen molar-refractivity contribution in [2.24, 2.45) is 0 Å². The predicted molar refractivity (Wildman–Crippen MR) is 159 cm³/mol. The maximum atomic E-state index is 15.5. The molecular formula is C30H30FN7O3S. The molecule has 2 aromatic carbocycles. The minimum atomic E-state index is -0.550. The summed E-state index contributed by atoms with van der Waals surface area (Å²) in [6.07, 6.45) is 2.69. The molecule has 10 nitrogen and oxygen atoms in total. The molecule has 1 fully saturated rings. The number of thioether (sulfide) groups is 1. The Labute approximate surface area is 246 Å². The van der Waals surface area contributed by atoms with Crippen molar-refractivity contribution < 1.29 is 19.0 Å². The van der Waals surface area contributed by atoms with E-state index in [1.807, 2.05) is 38.1 Å². The van der Waals surface area contributed by atoms with Crippen LogP contribution in [-0.4, -0.2) is 60.1 Å². The number of benzene rings is 2. The van der Waals surface area contributed by atoms with Crippen LogP contribution < -0.4 is 10.5 Å². The second-order valence-electron chi connectivity index (χ2n) is 10.5. The van der Waals surface area contributed by atoms with Crippen molar-refractivity contribution in [2.75, 3.05) is 25.4 Å². The SMILES string of the molecule is CC(C)(CO)SC=C(C#N)C(=O)N1CCCC(n2nc(-c3ccc(Oc4ccccc4)cc3F)c3c(N)ncnc32)C1. The zero-order chi connectivity index (χ0) is 29.9. The summed E-state index contributed by atoms with van der Waals surface area (Å²) in [5.41, 5.74) is 7.18. The number of amides is 1. The number of nitrogens with two attached hydrogens (primary N) is 1. The fraction of sp³-hybridized carbons (Fsp3) is 0.300. The van der Waals surface area contributed by atoms with Gasteiger partial charge in [0, 0.05) is 29.5 Å². The van der Waals surface area contributed by atoms with Crippen molar-refractivity contribution in [2.45, 2.75) is 37.5 Å². The van der Waals surface area contributed by atoms with Crippen LogP contribution >= 0.6 is 11.8 Å². The highest BCUT2D eigenvalue weighted by atomic mass is 32.2. The van der Waals surface area contributed by atoms with Gasteiger partial charge in [0.15, 0.2) is 5.65 Å². The minimum absolute atomic E-state index is 0.000334. The van der Waals surface area contributed by atoms with E-state index in [0.29, 0.717) is 41.9 Å². The molecule has 3 N–H and O–H groups in total. The van der Waals surface area contributed by atoms with Gasteiger partial charge in [0.05, 0.1) is 18.0 Å². The molecule has 0 spiro atoms. The van der Waals surface area contributed by atoms with E-state index in [9.17, 15) is 15.2 Å². The van der Waals surface area contributed by atoms with Crippen molar-refractivity contribution in [3.63, 3.8) is 0 Å². The molecular weight excluding hydrogens is 557 g/mol. The Bertz CT molecular complexity index is 1680. The molecule has 0 bridgehead atoms. The second kappa shape index (κ2) is 12.2. The van der Waals surface area contributed by atoms with E-state index in [4.69, 9.17) is 15.6 Å². The summed E-state index contributed by atoms with van der Waals surface area (Å²) >= 11 is 1.23. The van der Waals surface area contributed by atoms with Crippen LogP contribution in [0.4, 0.5) is 10.2 Å². The Kier molecular flexibility index (Phi) is 8.42. The fourth-order valence-corrected chi connectivity index (χ4v) is 5.37. The molecule has 3 heterocycles. The van der Waals surface area contributed by atoms with Gasteiger partial charge in [0.2, 0.25) is 0 Å². The number of aliphatic hydroxyl groups is 1. The largest absolute Gasteiger partial charge is 0.457 e. The number of hydrogen-bond donors (Lipinski definition) is 2. The van der Waals surface area contributed by atoms with Crippen LogP contribution in [0.2, 0.25) is 0 Å². The first-order valence-corrected chi connectivity index (χ1v) is 14.3. The number of rotatable bonds is 8. The molecule has 0 aliphatic carbocycles. The van der Waals surface area contributed by atoms with Crippen molar-refractivity contribution in [1.82, 2.24) is 24.6 Å². The van der Waals surface area contributed by atoms with Gasteiger partial charge in [-0.25, -0.2) is 19.0 Å². The molecule has 2 aromatic heterocycles. The number of nitrogens with zero attached hydrogens (tertiary/aromatic N) is 6. The van der Waals surface area contributed by atoms with Crippen molar-refractivity contribution in [1.29, 1.82) is 5.26 Å². The average Bonchev–Trinajstić information content (AvgIpc) is 3.39. The molecule has 0 saturated carbocycles. The Morgan fingerprint density at radius 3 is 2.76 bits per heavy atom. The number of hydrogen-bond acceptors (Lipinski definition) is 9. The number of nitrogen functional groups attached to an aromatic ring is 1. The molecule has 1 unspecified atom stereocenters. The van der Waals surface area contributed by atoms with E-state index < -0.39 is 16.5 Å². The van der Waals surface area contributed by atoms with Crippen LogP contribution in [0.5, 0.6) is 11.5 Å². The monoisotopic (exact) mass is 587 g/mol. The van der Waals surface area contributed by atoms with Gasteiger partial charge in [-0.2, -0.15) is 10.4 Å². The highest BCUT2D eigenvalue weighted by molar-refractivity contribution is 8.03. The van der Waals surface area contributed by atoms with E-state index in [1.165, 1.54) is 29.6 Å². The highest BCUT2D eigenvalue weighted by Gasteiger charge is 2.31. The lowest BCUT2D eigenvalue weighted by molar-refractivity contribution is -0.128. The van der Waals surface area contributed by atoms with Crippen molar-refractivity contribution in [3.05, 3.63) is 71.7 Å². The predicted octanol–water partition coefficient (Wildman–Crippen LogP) is 5.08. The Morgan fingerprint density at radius 1 is 1.26 bits per heavy atom. The molecule has 42 heavy (non-hydrogen) atoms.